The van der Waals surface area contributed by atoms with Gasteiger partial charge in [-0.1, -0.05) is 0 Å². The lowest BCUT2D eigenvalue weighted by Crippen LogP contribution is -2.89. The smallest absolute Gasteiger partial charge is 0.136 e. The summed E-state index contributed by atoms with van der Waals surface area (Å²) in [6.45, 7) is 1.99. The highest BCUT2D eigenvalue weighted by molar-refractivity contribution is 5.83. The zero-order valence-corrected chi connectivity index (χ0v) is 15.5. The molecule has 0 radical (unpaired) electrons. The highest BCUT2D eigenvalue weighted by atomic mass is 16.1. The quantitative estimate of drug-likeness (QED) is 0.679. The largest absolute Gasteiger partial charge is 0.299 e. The van der Waals surface area contributed by atoms with E-state index in [-0.39, 0.29) is 5.41 Å². The van der Waals surface area contributed by atoms with Crippen LogP contribution in [0.5, 0.6) is 0 Å². The second kappa shape index (κ2) is 3.10. The van der Waals surface area contributed by atoms with E-state index in [2.05, 4.69) is 0 Å². The van der Waals surface area contributed by atoms with Gasteiger partial charge in [-0.2, -0.15) is 0 Å². The highest BCUT2D eigenvalue weighted by Crippen LogP contribution is 2.97. The van der Waals surface area contributed by atoms with Crippen LogP contribution >= 0.6 is 0 Å². The Hall–Kier alpha value is -0.330. The molecule has 0 N–H and O–H groups in total. The molecule has 0 aromatic rings. The predicted molar refractivity (Wildman–Crippen MR) is 93.4 cm³/mol. The van der Waals surface area contributed by atoms with Crippen molar-refractivity contribution in [2.45, 2.75) is 64.7 Å². The highest BCUT2D eigenvalue weighted by Gasteiger charge is 2.91. The lowest BCUT2D eigenvalue weighted by atomic mass is 9.09. The van der Waals surface area contributed by atoms with Crippen LogP contribution in [0.4, 0.5) is 0 Å². The van der Waals surface area contributed by atoms with Gasteiger partial charge in [-0.15, -0.1) is 0 Å². The average Bonchev–Trinajstić information content (AvgIpc) is 2.50. The molecule has 0 amide bonds. The van der Waals surface area contributed by atoms with Crippen molar-refractivity contribution in [2.75, 3.05) is 0 Å². The third kappa shape index (κ3) is 0.908. The van der Waals surface area contributed by atoms with E-state index < -0.39 is 0 Å². The molecular weight excluding hydrogens is 304 g/mol. The van der Waals surface area contributed by atoms with E-state index in [9.17, 15) is 4.79 Å². The average molecular weight is 335 g/mol. The molecule has 0 heterocycles. The standard InChI is InChI=1S/C24H30O/c1-11(25)21-8-16-18-14-2-12-4-22-5-13-3-15(17(14)22)19(16)24(7-13,10-21)20(22)23(18,6-12)9-21/h12-20H,2-10H2,1H3. The van der Waals surface area contributed by atoms with E-state index in [4.69, 9.17) is 0 Å². The number of carbonyl (C=O) groups is 1. The van der Waals surface area contributed by atoms with Gasteiger partial charge in [0.25, 0.3) is 0 Å². The number of ketones is 1. The van der Waals surface area contributed by atoms with E-state index in [1.165, 1.54) is 19.3 Å². The lowest BCUT2D eigenvalue weighted by Gasteiger charge is -2.94. The van der Waals surface area contributed by atoms with Gasteiger partial charge in [0.05, 0.1) is 0 Å². The van der Waals surface area contributed by atoms with Gasteiger partial charge in [-0.3, -0.25) is 4.79 Å². The zero-order valence-electron chi connectivity index (χ0n) is 15.5. The Morgan fingerprint density at radius 3 is 1.80 bits per heavy atom. The van der Waals surface area contributed by atoms with Gasteiger partial charge in [0, 0.05) is 5.41 Å². The maximum Gasteiger partial charge on any atom is 0.136 e. The first-order valence-corrected chi connectivity index (χ1v) is 11.5. The molecule has 13 aliphatic carbocycles. The minimum atomic E-state index is 0.137. The first-order chi connectivity index (χ1) is 12.0. The number of carbonyl (C=O) groups excluding carboxylic acids is 1. The SMILES string of the molecule is CC(=O)C12CC3C4C5CC6CC78CC9CC(C57)C3C(C9)(C1)C8C4(C6)C2. The van der Waals surface area contributed by atoms with Crippen molar-refractivity contribution in [3.05, 3.63) is 0 Å². The molecule has 3 spiro atoms. The van der Waals surface area contributed by atoms with Gasteiger partial charge in [0.15, 0.2) is 0 Å². The van der Waals surface area contributed by atoms with Gasteiger partial charge < -0.3 is 0 Å². The predicted octanol–water partition coefficient (Wildman–Crippen LogP) is 4.70. The van der Waals surface area contributed by atoms with E-state index in [1.54, 1.807) is 38.5 Å². The van der Waals surface area contributed by atoms with Crippen LogP contribution in [0, 0.1) is 74.9 Å². The summed E-state index contributed by atoms with van der Waals surface area (Å²) < 4.78 is 0. The molecule has 0 aromatic carbocycles. The Bertz CT molecular complexity index is 748. The molecule has 0 saturated heterocycles. The molecule has 1 nitrogen and oxygen atoms in total. The van der Waals surface area contributed by atoms with Crippen LogP contribution < -0.4 is 0 Å². The minimum Gasteiger partial charge on any atom is -0.299 e. The van der Waals surface area contributed by atoms with E-state index in [0.29, 0.717) is 16.6 Å². The van der Waals surface area contributed by atoms with Crippen LogP contribution in [0.15, 0.2) is 0 Å². The van der Waals surface area contributed by atoms with Gasteiger partial charge in [-0.25, -0.2) is 0 Å². The molecular formula is C24H30O. The Balaban J connectivity index is 1.43. The maximum absolute atomic E-state index is 13.0. The first kappa shape index (κ1) is 12.9. The van der Waals surface area contributed by atoms with Crippen molar-refractivity contribution < 1.29 is 4.79 Å². The molecule has 13 saturated carbocycles. The summed E-state index contributed by atoms with van der Waals surface area (Å²) in [7, 11) is 0. The third-order valence-electron chi connectivity index (χ3n) is 13.1. The van der Waals surface area contributed by atoms with Crippen molar-refractivity contribution in [3.8, 4) is 0 Å². The lowest BCUT2D eigenvalue weighted by molar-refractivity contribution is -0.464. The molecule has 13 fully saturated rings. The Morgan fingerprint density at radius 1 is 0.720 bits per heavy atom. The van der Waals surface area contributed by atoms with Crippen LogP contribution in [0.1, 0.15) is 64.7 Å². The fourth-order valence-corrected chi connectivity index (χ4v) is 14.7. The van der Waals surface area contributed by atoms with Crippen molar-refractivity contribution in [1.29, 1.82) is 0 Å². The van der Waals surface area contributed by atoms with Gasteiger partial charge >= 0.3 is 0 Å². The van der Waals surface area contributed by atoms with Crippen molar-refractivity contribution >= 4 is 5.78 Å². The monoisotopic (exact) mass is 334 g/mol. The summed E-state index contributed by atoms with van der Waals surface area (Å²) >= 11 is 0. The number of Topliss-reactive ketones (excluding diaryl/α,β-unsaturated/α-hetero) is 1. The fraction of sp³-hybridized carbons (Fsp3) is 0.958. The summed E-state index contributed by atoms with van der Waals surface area (Å²) in [5.74, 6) is 10.3. The van der Waals surface area contributed by atoms with Crippen LogP contribution in [-0.4, -0.2) is 5.78 Å². The minimum absolute atomic E-state index is 0.137. The number of hydrogen-bond donors (Lipinski definition) is 0. The molecule has 1 heteroatoms. The van der Waals surface area contributed by atoms with Crippen LogP contribution in [0.25, 0.3) is 0 Å². The molecule has 0 aromatic heterocycles. The summed E-state index contributed by atoms with van der Waals surface area (Å²) in [6, 6.07) is 0. The second-order valence-electron chi connectivity index (χ2n) is 13.1. The number of hydrogen-bond acceptors (Lipinski definition) is 1. The summed E-state index contributed by atoms with van der Waals surface area (Å²) in [4.78, 5) is 13.0. The third-order valence-corrected chi connectivity index (χ3v) is 13.1. The van der Waals surface area contributed by atoms with E-state index in [0.717, 1.165) is 58.7 Å². The van der Waals surface area contributed by atoms with Crippen LogP contribution in [-0.2, 0) is 4.79 Å². The van der Waals surface area contributed by atoms with Crippen molar-refractivity contribution in [2.24, 2.45) is 74.9 Å². The molecule has 132 valence electrons. The van der Waals surface area contributed by atoms with Gasteiger partial charge in [0.1, 0.15) is 5.78 Å². The molecule has 0 aliphatic heterocycles. The summed E-state index contributed by atoms with van der Waals surface area (Å²) in [6.07, 6.45) is 13.6. The summed E-state index contributed by atoms with van der Waals surface area (Å²) in [5.41, 5.74) is 2.23. The Kier molecular flexibility index (Phi) is 1.60. The van der Waals surface area contributed by atoms with E-state index in [1.807, 2.05) is 6.92 Å². The van der Waals surface area contributed by atoms with Crippen molar-refractivity contribution in [3.63, 3.8) is 0 Å². The van der Waals surface area contributed by atoms with E-state index >= 15 is 0 Å². The van der Waals surface area contributed by atoms with Gasteiger partial charge in [0.2, 0.25) is 0 Å². The molecule has 13 rings (SSSR count). The second-order valence-corrected chi connectivity index (χ2v) is 13.1. The number of rotatable bonds is 1. The molecule has 13 bridgehead atoms. The van der Waals surface area contributed by atoms with Crippen LogP contribution in [0.2, 0.25) is 0 Å². The molecule has 13 aliphatic rings. The molecule has 8 unspecified atom stereocenters. The Labute approximate surface area is 150 Å². The topological polar surface area (TPSA) is 17.1 Å². The maximum atomic E-state index is 13.0. The summed E-state index contributed by atoms with van der Waals surface area (Å²) in [5, 5.41) is 0. The van der Waals surface area contributed by atoms with Crippen LogP contribution in [0.3, 0.4) is 0 Å². The Morgan fingerprint density at radius 2 is 1.24 bits per heavy atom. The molecule has 8 atom stereocenters. The van der Waals surface area contributed by atoms with Gasteiger partial charge in [-0.05, 0) is 134 Å². The van der Waals surface area contributed by atoms with Crippen molar-refractivity contribution in [1.82, 2.24) is 0 Å². The fourth-order valence-electron chi connectivity index (χ4n) is 14.7. The first-order valence-electron chi connectivity index (χ1n) is 11.5. The normalized spacial score (nSPS) is 79.2. The molecule has 25 heavy (non-hydrogen) atoms. The zero-order chi connectivity index (χ0) is 16.1.